The van der Waals surface area contributed by atoms with Crippen LogP contribution >= 0.6 is 0 Å². The lowest BCUT2D eigenvalue weighted by molar-refractivity contribution is -0.220. The quantitative estimate of drug-likeness (QED) is 0.125. The average Bonchev–Trinajstić information content (AvgIpc) is 3.70. The number of rotatable bonds is 10. The minimum absolute atomic E-state index is 0. The summed E-state index contributed by atoms with van der Waals surface area (Å²) in [6.07, 6.45) is 10.6. The van der Waals surface area contributed by atoms with Crippen LogP contribution < -0.4 is 0 Å². The Labute approximate surface area is 320 Å². The summed E-state index contributed by atoms with van der Waals surface area (Å²) in [5, 5.41) is 0. The van der Waals surface area contributed by atoms with Gasteiger partial charge in [0, 0.05) is 11.3 Å². The van der Waals surface area contributed by atoms with E-state index in [-0.39, 0.29) is 79.2 Å². The number of cyclic esters (lactones) is 3. The number of hydrogen-bond acceptors (Lipinski definition) is 7. The third-order valence-corrected chi connectivity index (χ3v) is 15.8. The molecule has 304 valence electrons. The molecular formula is C45H82O7. The van der Waals surface area contributed by atoms with E-state index in [0.29, 0.717) is 36.7 Å². The Hall–Kier alpha value is -1.92. The first-order chi connectivity index (χ1) is 21.6. The fourth-order valence-electron chi connectivity index (χ4n) is 14.2. The first-order valence-electron chi connectivity index (χ1n) is 18.7. The van der Waals surface area contributed by atoms with Gasteiger partial charge in [-0.2, -0.15) is 0 Å². The molecule has 2 saturated heterocycles. The van der Waals surface area contributed by atoms with E-state index >= 15 is 4.79 Å². The topological polar surface area (TPSA) is 96.0 Å². The van der Waals surface area contributed by atoms with Crippen molar-refractivity contribution in [3.8, 4) is 0 Å². The monoisotopic (exact) mass is 735 g/mol. The van der Waals surface area contributed by atoms with Gasteiger partial charge in [0.2, 0.25) is 0 Å². The number of esters is 4. The molecule has 0 aromatic carbocycles. The van der Waals surface area contributed by atoms with E-state index in [2.05, 4.69) is 34.6 Å². The zero-order valence-corrected chi connectivity index (χ0v) is 29.6. The van der Waals surface area contributed by atoms with E-state index in [1.54, 1.807) is 6.92 Å². The van der Waals surface area contributed by atoms with Gasteiger partial charge in [0.15, 0.2) is 0 Å². The van der Waals surface area contributed by atoms with Crippen LogP contribution in [-0.4, -0.2) is 36.1 Å². The maximum atomic E-state index is 15.1. The fourth-order valence-corrected chi connectivity index (χ4v) is 14.2. The molecule has 7 nitrogen and oxygen atoms in total. The van der Waals surface area contributed by atoms with E-state index in [1.807, 2.05) is 13.8 Å². The molecule has 0 spiro atoms. The van der Waals surface area contributed by atoms with Gasteiger partial charge in [0.05, 0.1) is 30.3 Å². The van der Waals surface area contributed by atoms with Crippen molar-refractivity contribution in [2.45, 2.75) is 170 Å². The van der Waals surface area contributed by atoms with Crippen LogP contribution in [0.3, 0.4) is 0 Å². The SMILES string of the molecule is C.C.C.C.C.C.CCC(CC)(OC(=O)C(CC(C)(C)C1C(C)C2CC1C1COC(=O)C21)C(C)(C)C1C(=O)OC(=O)C1C)C12CC3CC(CC(C3)C1)C2. The van der Waals surface area contributed by atoms with Crippen LogP contribution in [0.1, 0.15) is 164 Å². The summed E-state index contributed by atoms with van der Waals surface area (Å²) in [5.41, 5.74) is -1.65. The molecule has 0 N–H and O–H groups in total. The van der Waals surface area contributed by atoms with E-state index < -0.39 is 40.7 Å². The average molecular weight is 735 g/mol. The third kappa shape index (κ3) is 6.81. The van der Waals surface area contributed by atoms with Gasteiger partial charge in [-0.05, 0) is 116 Å². The van der Waals surface area contributed by atoms with Crippen LogP contribution in [0, 0.1) is 87.3 Å². The van der Waals surface area contributed by atoms with Crippen molar-refractivity contribution < 1.29 is 33.4 Å². The van der Waals surface area contributed by atoms with Crippen molar-refractivity contribution in [1.29, 1.82) is 0 Å². The summed E-state index contributed by atoms with van der Waals surface area (Å²) in [4.78, 5) is 53.7. The Balaban J connectivity index is 0.00000225. The predicted molar refractivity (Wildman–Crippen MR) is 212 cm³/mol. The summed E-state index contributed by atoms with van der Waals surface area (Å²) in [7, 11) is 0. The normalized spacial score (nSPS) is 38.5. The highest BCUT2D eigenvalue weighted by atomic mass is 16.6. The molecule has 0 aromatic rings. The van der Waals surface area contributed by atoms with Crippen LogP contribution in [0.2, 0.25) is 0 Å². The van der Waals surface area contributed by atoms with Crippen LogP contribution in [0.15, 0.2) is 0 Å². The molecule has 52 heavy (non-hydrogen) atoms. The molecule has 8 aliphatic rings. The summed E-state index contributed by atoms with van der Waals surface area (Å²) >= 11 is 0. The molecule has 2 heterocycles. The maximum absolute atomic E-state index is 15.1. The first kappa shape index (κ1) is 48.1. The highest BCUT2D eigenvalue weighted by Crippen LogP contribution is 2.68. The number of hydrogen-bond donors (Lipinski definition) is 0. The van der Waals surface area contributed by atoms with Crippen LogP contribution in [0.25, 0.3) is 0 Å². The van der Waals surface area contributed by atoms with Gasteiger partial charge in [-0.1, -0.05) is 99.9 Å². The van der Waals surface area contributed by atoms with Gasteiger partial charge in [0.1, 0.15) is 5.60 Å². The van der Waals surface area contributed by atoms with Crippen LogP contribution in [0.5, 0.6) is 0 Å². The molecule has 9 unspecified atom stereocenters. The molecule has 9 atom stereocenters. The number of carbonyl (C=O) groups excluding carboxylic acids is 4. The number of carbonyl (C=O) groups is 4. The minimum Gasteiger partial charge on any atom is -0.465 e. The molecule has 7 heteroatoms. The molecule has 8 fully saturated rings. The summed E-state index contributed by atoms with van der Waals surface area (Å²) in [6.45, 7) is 17.5. The number of fused-ring (bicyclic) bond motifs is 5. The van der Waals surface area contributed by atoms with Gasteiger partial charge in [-0.3, -0.25) is 19.2 Å². The molecule has 6 saturated carbocycles. The summed E-state index contributed by atoms with van der Waals surface area (Å²) in [5.74, 6) is 0.655. The molecule has 0 aromatic heterocycles. The fraction of sp³-hybridized carbons (Fsp3) is 0.911. The van der Waals surface area contributed by atoms with Crippen LogP contribution in [0.4, 0.5) is 0 Å². The maximum Gasteiger partial charge on any atom is 0.318 e. The van der Waals surface area contributed by atoms with Gasteiger partial charge in [0.25, 0.3) is 0 Å². The van der Waals surface area contributed by atoms with Crippen molar-refractivity contribution in [2.75, 3.05) is 6.61 Å². The van der Waals surface area contributed by atoms with Crippen molar-refractivity contribution >= 4 is 23.9 Å². The first-order valence-corrected chi connectivity index (χ1v) is 18.7. The Morgan fingerprint density at radius 1 is 0.769 bits per heavy atom. The largest absolute Gasteiger partial charge is 0.465 e. The second-order valence-electron chi connectivity index (χ2n) is 18.7. The second kappa shape index (κ2) is 16.0. The Bertz CT molecular complexity index is 1260. The molecular weight excluding hydrogens is 652 g/mol. The standard InChI is InChI=1S/C39H58O7.6CH4/c1-9-39(10-2,38-15-22-11-23(16-38)13-24(12-22)17-38)46-33(41)28(37(7,8)31-21(4)32(40)45-35(31)43)18-36(5,6)30-20(3)25-14-26(30)27-19-44-34(42)29(25)27;;;;;;/h20-31H,9-19H2,1-8H3;6*1H4. The lowest BCUT2D eigenvalue weighted by Gasteiger charge is -2.63. The second-order valence-corrected chi connectivity index (χ2v) is 18.7. The summed E-state index contributed by atoms with van der Waals surface area (Å²) in [6, 6.07) is 0. The van der Waals surface area contributed by atoms with Gasteiger partial charge in [-0.25, -0.2) is 0 Å². The lowest BCUT2D eigenvalue weighted by atomic mass is 9.44. The molecule has 8 rings (SSSR count). The van der Waals surface area contributed by atoms with E-state index in [0.717, 1.165) is 56.3 Å². The lowest BCUT2D eigenvalue weighted by Crippen LogP contribution is -2.60. The van der Waals surface area contributed by atoms with Gasteiger partial charge < -0.3 is 14.2 Å². The molecule has 2 aliphatic heterocycles. The van der Waals surface area contributed by atoms with Crippen molar-refractivity contribution in [2.24, 2.45) is 87.3 Å². The Morgan fingerprint density at radius 3 is 1.75 bits per heavy atom. The van der Waals surface area contributed by atoms with Crippen molar-refractivity contribution in [1.82, 2.24) is 0 Å². The molecule has 0 amide bonds. The van der Waals surface area contributed by atoms with E-state index in [1.165, 1.54) is 19.3 Å². The van der Waals surface area contributed by atoms with Crippen molar-refractivity contribution in [3.05, 3.63) is 0 Å². The van der Waals surface area contributed by atoms with E-state index in [9.17, 15) is 14.4 Å². The minimum atomic E-state index is -0.860. The smallest absolute Gasteiger partial charge is 0.318 e. The zero-order chi connectivity index (χ0) is 33.1. The zero-order valence-electron chi connectivity index (χ0n) is 29.6. The molecule has 6 bridgehead atoms. The van der Waals surface area contributed by atoms with Gasteiger partial charge in [-0.15, -0.1) is 0 Å². The predicted octanol–water partition coefficient (Wildman–Crippen LogP) is 11.2. The summed E-state index contributed by atoms with van der Waals surface area (Å²) < 4.78 is 17.8. The Morgan fingerprint density at radius 2 is 1.29 bits per heavy atom. The third-order valence-electron chi connectivity index (χ3n) is 15.8. The highest BCUT2D eigenvalue weighted by molar-refractivity contribution is 5.97. The Kier molecular flexibility index (Phi) is 14.8. The van der Waals surface area contributed by atoms with Crippen LogP contribution in [-0.2, 0) is 33.4 Å². The number of ether oxygens (including phenoxy) is 3. The highest BCUT2D eigenvalue weighted by Gasteiger charge is 2.66. The van der Waals surface area contributed by atoms with Gasteiger partial charge >= 0.3 is 23.9 Å². The van der Waals surface area contributed by atoms with Crippen molar-refractivity contribution in [3.63, 3.8) is 0 Å². The molecule has 0 radical (unpaired) electrons. The van der Waals surface area contributed by atoms with E-state index in [4.69, 9.17) is 14.2 Å². The molecule has 6 aliphatic carbocycles.